The highest BCUT2D eigenvalue weighted by atomic mass is 16.5. The van der Waals surface area contributed by atoms with Gasteiger partial charge in [-0.2, -0.15) is 0 Å². The van der Waals surface area contributed by atoms with E-state index in [0.717, 1.165) is 51.4 Å². The number of phenolic OH excluding ortho intramolecular Hbond substituents is 1. The van der Waals surface area contributed by atoms with Crippen molar-refractivity contribution in [1.29, 1.82) is 0 Å². The fourth-order valence-corrected chi connectivity index (χ4v) is 2.38. The van der Waals surface area contributed by atoms with E-state index in [1.807, 2.05) is 0 Å². The average Bonchev–Trinajstić information content (AvgIpc) is 2.61. The van der Waals surface area contributed by atoms with Gasteiger partial charge in [0.25, 0.3) is 0 Å². The van der Waals surface area contributed by atoms with E-state index < -0.39 is 11.9 Å². The summed E-state index contributed by atoms with van der Waals surface area (Å²) < 4.78 is 10.4. The predicted octanol–water partition coefficient (Wildman–Crippen LogP) is 4.87. The van der Waals surface area contributed by atoms with E-state index in [0.29, 0.717) is 13.2 Å². The molecule has 1 N–H and O–H groups in total. The van der Waals surface area contributed by atoms with E-state index >= 15 is 0 Å². The smallest absolute Gasteiger partial charge is 0.341 e. The lowest BCUT2D eigenvalue weighted by molar-refractivity contribution is 0.0494. The molecule has 25 heavy (non-hydrogen) atoms. The molecule has 0 atom stereocenters. The molecule has 0 saturated carbocycles. The molecule has 0 radical (unpaired) electrons. The van der Waals surface area contributed by atoms with Crippen LogP contribution in [0.3, 0.4) is 0 Å². The van der Waals surface area contributed by atoms with Gasteiger partial charge in [0, 0.05) is 0 Å². The molecule has 0 heterocycles. The normalized spacial score (nSPS) is 10.5. The zero-order valence-corrected chi connectivity index (χ0v) is 15.4. The summed E-state index contributed by atoms with van der Waals surface area (Å²) in [6.07, 6.45) is 8.08. The molecule has 0 fully saturated rings. The van der Waals surface area contributed by atoms with Gasteiger partial charge in [-0.1, -0.05) is 52.4 Å². The number of ether oxygens (including phenoxy) is 2. The van der Waals surface area contributed by atoms with E-state index in [1.165, 1.54) is 18.2 Å². The van der Waals surface area contributed by atoms with Gasteiger partial charge in [-0.3, -0.25) is 0 Å². The third-order valence-electron chi connectivity index (χ3n) is 3.91. The average molecular weight is 350 g/mol. The first-order chi connectivity index (χ1) is 12.1. The number of aromatic hydroxyl groups is 1. The van der Waals surface area contributed by atoms with Gasteiger partial charge in [-0.25, -0.2) is 9.59 Å². The van der Waals surface area contributed by atoms with Crippen molar-refractivity contribution >= 4 is 11.9 Å². The third kappa shape index (κ3) is 8.05. The lowest BCUT2D eigenvalue weighted by atomic mass is 10.1. The molecular weight excluding hydrogens is 320 g/mol. The largest absolute Gasteiger partial charge is 0.507 e. The molecule has 0 aliphatic heterocycles. The van der Waals surface area contributed by atoms with Gasteiger partial charge in [0.15, 0.2) is 0 Å². The zero-order chi connectivity index (χ0) is 18.5. The first-order valence-corrected chi connectivity index (χ1v) is 9.27. The van der Waals surface area contributed by atoms with Crippen LogP contribution in [0.5, 0.6) is 5.75 Å². The van der Waals surface area contributed by atoms with Crippen molar-refractivity contribution in [2.75, 3.05) is 13.2 Å². The number of unbranched alkanes of at least 4 members (excludes halogenated alkanes) is 6. The first kappa shape index (κ1) is 21.0. The second-order valence-corrected chi connectivity index (χ2v) is 6.13. The quantitative estimate of drug-likeness (QED) is 0.430. The van der Waals surface area contributed by atoms with E-state index in [2.05, 4.69) is 13.8 Å². The van der Waals surface area contributed by atoms with Gasteiger partial charge >= 0.3 is 11.9 Å². The van der Waals surface area contributed by atoms with Crippen LogP contribution in [0.15, 0.2) is 18.2 Å². The molecule has 140 valence electrons. The van der Waals surface area contributed by atoms with E-state index in [9.17, 15) is 14.7 Å². The van der Waals surface area contributed by atoms with Gasteiger partial charge in [0.1, 0.15) is 11.3 Å². The SMILES string of the molecule is CCCCCCOC(=O)c1ccc(O)c(C(=O)OCCCCCC)c1. The minimum Gasteiger partial charge on any atom is -0.507 e. The molecule has 0 amide bonds. The van der Waals surface area contributed by atoms with Gasteiger partial charge < -0.3 is 14.6 Å². The Labute approximate surface area is 150 Å². The highest BCUT2D eigenvalue weighted by Gasteiger charge is 2.17. The molecule has 0 aromatic heterocycles. The second-order valence-electron chi connectivity index (χ2n) is 6.13. The molecule has 5 nitrogen and oxygen atoms in total. The van der Waals surface area contributed by atoms with Crippen molar-refractivity contribution in [3.63, 3.8) is 0 Å². The van der Waals surface area contributed by atoms with Crippen LogP contribution < -0.4 is 0 Å². The monoisotopic (exact) mass is 350 g/mol. The molecule has 0 bridgehead atoms. The molecule has 0 spiro atoms. The summed E-state index contributed by atoms with van der Waals surface area (Å²) in [5, 5.41) is 9.85. The van der Waals surface area contributed by atoms with Crippen molar-refractivity contribution < 1.29 is 24.2 Å². The fraction of sp³-hybridized carbons (Fsp3) is 0.600. The number of hydrogen-bond donors (Lipinski definition) is 1. The second kappa shape index (κ2) is 12.3. The van der Waals surface area contributed by atoms with Crippen LogP contribution in [0.2, 0.25) is 0 Å². The van der Waals surface area contributed by atoms with Crippen molar-refractivity contribution in [3.8, 4) is 5.75 Å². The summed E-state index contributed by atoms with van der Waals surface area (Å²) in [6.45, 7) is 4.90. The molecule has 0 saturated heterocycles. The highest BCUT2D eigenvalue weighted by Crippen LogP contribution is 2.20. The van der Waals surface area contributed by atoms with Crippen LogP contribution >= 0.6 is 0 Å². The van der Waals surface area contributed by atoms with Crippen LogP contribution in [0.4, 0.5) is 0 Å². The van der Waals surface area contributed by atoms with Crippen LogP contribution in [-0.2, 0) is 9.47 Å². The topological polar surface area (TPSA) is 72.8 Å². The van der Waals surface area contributed by atoms with Crippen molar-refractivity contribution in [2.24, 2.45) is 0 Å². The Kier molecular flexibility index (Phi) is 10.4. The Balaban J connectivity index is 2.53. The number of rotatable bonds is 12. The zero-order valence-electron chi connectivity index (χ0n) is 15.4. The van der Waals surface area contributed by atoms with Crippen molar-refractivity contribution in [2.45, 2.75) is 65.2 Å². The molecule has 0 aliphatic rings. The Morgan fingerprint density at radius 3 is 1.96 bits per heavy atom. The first-order valence-electron chi connectivity index (χ1n) is 9.27. The fourth-order valence-electron chi connectivity index (χ4n) is 2.38. The van der Waals surface area contributed by atoms with Crippen LogP contribution in [0.25, 0.3) is 0 Å². The van der Waals surface area contributed by atoms with Crippen molar-refractivity contribution in [3.05, 3.63) is 29.3 Å². The lowest BCUT2D eigenvalue weighted by Gasteiger charge is -2.09. The molecule has 0 unspecified atom stereocenters. The summed E-state index contributed by atoms with van der Waals surface area (Å²) in [5.41, 5.74) is 0.238. The summed E-state index contributed by atoms with van der Waals surface area (Å²) >= 11 is 0. The summed E-state index contributed by atoms with van der Waals surface area (Å²) in [6, 6.07) is 4.10. The number of phenols is 1. The third-order valence-corrected chi connectivity index (χ3v) is 3.91. The minimum atomic E-state index is -0.619. The molecule has 1 aromatic carbocycles. The molecule has 0 aliphatic carbocycles. The highest BCUT2D eigenvalue weighted by molar-refractivity contribution is 5.97. The number of carbonyl (C=O) groups excluding carboxylic acids is 2. The molecule has 1 rings (SSSR count). The Bertz CT molecular complexity index is 539. The predicted molar refractivity (Wildman–Crippen MR) is 97.0 cm³/mol. The van der Waals surface area contributed by atoms with Crippen LogP contribution in [0.1, 0.15) is 85.9 Å². The molecule has 5 heteroatoms. The Morgan fingerprint density at radius 1 is 0.840 bits per heavy atom. The van der Waals surface area contributed by atoms with Gasteiger partial charge in [-0.05, 0) is 31.0 Å². The maximum absolute atomic E-state index is 12.1. The summed E-state index contributed by atoms with van der Waals surface area (Å²) in [5.74, 6) is -1.31. The molecular formula is C20H30O5. The van der Waals surface area contributed by atoms with E-state index in [1.54, 1.807) is 0 Å². The van der Waals surface area contributed by atoms with E-state index in [4.69, 9.17) is 9.47 Å². The number of benzene rings is 1. The Morgan fingerprint density at radius 2 is 1.40 bits per heavy atom. The van der Waals surface area contributed by atoms with Gasteiger partial charge in [-0.15, -0.1) is 0 Å². The summed E-state index contributed by atoms with van der Waals surface area (Å²) in [4.78, 5) is 24.1. The minimum absolute atomic E-state index is 0.00377. The number of hydrogen-bond acceptors (Lipinski definition) is 5. The van der Waals surface area contributed by atoms with Crippen LogP contribution in [0, 0.1) is 0 Å². The van der Waals surface area contributed by atoms with Gasteiger partial charge in [0.05, 0.1) is 18.8 Å². The maximum atomic E-state index is 12.1. The van der Waals surface area contributed by atoms with Gasteiger partial charge in [0.2, 0.25) is 0 Å². The lowest BCUT2D eigenvalue weighted by Crippen LogP contribution is -2.10. The van der Waals surface area contributed by atoms with Crippen molar-refractivity contribution in [1.82, 2.24) is 0 Å². The Hall–Kier alpha value is -2.04. The number of esters is 2. The molecule has 1 aromatic rings. The summed E-state index contributed by atoms with van der Waals surface area (Å²) in [7, 11) is 0. The maximum Gasteiger partial charge on any atom is 0.341 e. The van der Waals surface area contributed by atoms with Crippen LogP contribution in [-0.4, -0.2) is 30.3 Å². The van der Waals surface area contributed by atoms with E-state index in [-0.39, 0.29) is 16.9 Å². The standard InChI is InChI=1S/C20H30O5/c1-3-5-7-9-13-24-19(22)16-11-12-18(21)17(15-16)20(23)25-14-10-8-6-4-2/h11-12,15,21H,3-10,13-14H2,1-2H3. The number of carbonyl (C=O) groups is 2.